The fourth-order valence-electron chi connectivity index (χ4n) is 2.25. The van der Waals surface area contributed by atoms with E-state index < -0.39 is 0 Å². The van der Waals surface area contributed by atoms with Crippen LogP contribution in [0.2, 0.25) is 10.0 Å². The first-order chi connectivity index (χ1) is 9.56. The molecule has 2 aromatic heterocycles. The van der Waals surface area contributed by atoms with E-state index in [1.807, 2.05) is 28.4 Å². The molecule has 0 aliphatic carbocycles. The Hall–Kier alpha value is -1.30. The molecule has 0 bridgehead atoms. The van der Waals surface area contributed by atoms with Crippen LogP contribution in [0, 0.1) is 4.77 Å². The van der Waals surface area contributed by atoms with E-state index in [-0.39, 0.29) is 0 Å². The summed E-state index contributed by atoms with van der Waals surface area (Å²) in [5.74, 6) is 0. The van der Waals surface area contributed by atoms with Crippen molar-refractivity contribution in [2.45, 2.75) is 13.0 Å². The van der Waals surface area contributed by atoms with Crippen molar-refractivity contribution in [3.8, 4) is 0 Å². The Morgan fingerprint density at radius 3 is 2.75 bits per heavy atom. The van der Waals surface area contributed by atoms with E-state index in [2.05, 4.69) is 10.1 Å². The summed E-state index contributed by atoms with van der Waals surface area (Å²) in [6, 6.07) is 5.65. The molecule has 0 fully saturated rings. The molecule has 0 radical (unpaired) electrons. The van der Waals surface area contributed by atoms with Gasteiger partial charge in [-0.05, 0) is 30.4 Å². The van der Waals surface area contributed by atoms with E-state index in [4.69, 9.17) is 35.4 Å². The van der Waals surface area contributed by atoms with Crippen LogP contribution in [-0.2, 0) is 20.0 Å². The number of imidazole rings is 1. The number of hydrogen-bond acceptors (Lipinski definition) is 2. The molecule has 0 spiro atoms. The summed E-state index contributed by atoms with van der Waals surface area (Å²) in [6.07, 6.45) is 2.64. The summed E-state index contributed by atoms with van der Waals surface area (Å²) in [7, 11) is 1.93. The minimum absolute atomic E-state index is 0.522. The van der Waals surface area contributed by atoms with Crippen LogP contribution in [0.25, 0.3) is 11.0 Å². The molecule has 4 nitrogen and oxygen atoms in total. The van der Waals surface area contributed by atoms with E-state index in [1.165, 1.54) is 0 Å². The Labute approximate surface area is 130 Å². The van der Waals surface area contributed by atoms with Gasteiger partial charge in [-0.1, -0.05) is 23.2 Å². The van der Waals surface area contributed by atoms with Gasteiger partial charge in [0.1, 0.15) is 0 Å². The zero-order valence-electron chi connectivity index (χ0n) is 10.7. The number of halogens is 2. The number of aryl methyl sites for hydroxylation is 3. The van der Waals surface area contributed by atoms with Crippen LogP contribution in [0.1, 0.15) is 5.69 Å². The molecular formula is C13H12Cl2N4S. The average molecular weight is 327 g/mol. The van der Waals surface area contributed by atoms with Crippen LogP contribution in [-0.4, -0.2) is 19.3 Å². The molecule has 0 unspecified atom stereocenters. The highest BCUT2D eigenvalue weighted by molar-refractivity contribution is 7.71. The van der Waals surface area contributed by atoms with E-state index in [0.29, 0.717) is 14.8 Å². The van der Waals surface area contributed by atoms with Gasteiger partial charge in [0.25, 0.3) is 0 Å². The Morgan fingerprint density at radius 1 is 1.30 bits per heavy atom. The highest BCUT2D eigenvalue weighted by Crippen LogP contribution is 2.27. The number of aromatic nitrogens is 4. The second-order valence-corrected chi connectivity index (χ2v) is 5.76. The summed E-state index contributed by atoms with van der Waals surface area (Å²) in [6.45, 7) is 0.760. The molecule has 20 heavy (non-hydrogen) atoms. The van der Waals surface area contributed by atoms with Crippen LogP contribution in [0.5, 0.6) is 0 Å². The van der Waals surface area contributed by atoms with Crippen LogP contribution >= 0.6 is 35.4 Å². The van der Waals surface area contributed by atoms with Gasteiger partial charge in [-0.15, -0.1) is 0 Å². The minimum atomic E-state index is 0.522. The zero-order valence-corrected chi connectivity index (χ0v) is 13.1. The Bertz CT molecular complexity index is 831. The first kappa shape index (κ1) is 13.7. The monoisotopic (exact) mass is 326 g/mol. The third kappa shape index (κ3) is 2.37. The van der Waals surface area contributed by atoms with Crippen molar-refractivity contribution in [1.29, 1.82) is 0 Å². The van der Waals surface area contributed by atoms with Gasteiger partial charge in [-0.2, -0.15) is 5.10 Å². The molecule has 7 heteroatoms. The lowest BCUT2D eigenvalue weighted by molar-refractivity contribution is 0.642. The predicted octanol–water partition coefficient (Wildman–Crippen LogP) is 3.98. The van der Waals surface area contributed by atoms with Gasteiger partial charge in [0.05, 0.1) is 21.1 Å². The smallest absolute Gasteiger partial charge is 0.178 e. The fourth-order valence-corrected chi connectivity index (χ4v) is 2.87. The molecule has 0 amide bonds. The second-order valence-electron chi connectivity index (χ2n) is 4.56. The van der Waals surface area contributed by atoms with Gasteiger partial charge in [0.15, 0.2) is 4.77 Å². The van der Waals surface area contributed by atoms with Crippen LogP contribution in [0.4, 0.5) is 0 Å². The van der Waals surface area contributed by atoms with E-state index >= 15 is 0 Å². The number of aromatic amines is 1. The molecule has 1 aromatic carbocycles. The maximum atomic E-state index is 6.09. The van der Waals surface area contributed by atoms with Crippen molar-refractivity contribution >= 4 is 46.5 Å². The Balaban J connectivity index is 1.99. The van der Waals surface area contributed by atoms with Crippen LogP contribution in [0.15, 0.2) is 24.4 Å². The summed E-state index contributed by atoms with van der Waals surface area (Å²) in [5.41, 5.74) is 3.02. The molecule has 104 valence electrons. The SMILES string of the molecule is Cn1nccc1CCn1c(=S)[nH]c2cc(Cl)c(Cl)cc21. The van der Waals surface area contributed by atoms with E-state index in [0.717, 1.165) is 29.7 Å². The molecule has 3 aromatic rings. The zero-order chi connectivity index (χ0) is 14.3. The molecule has 3 rings (SSSR count). The lowest BCUT2D eigenvalue weighted by Crippen LogP contribution is -2.05. The number of hydrogen-bond donors (Lipinski definition) is 1. The summed E-state index contributed by atoms with van der Waals surface area (Å²) >= 11 is 17.5. The van der Waals surface area contributed by atoms with Gasteiger partial charge in [0, 0.05) is 31.9 Å². The standard InChI is InChI=1S/C13H12Cl2N4S/c1-18-8(2-4-16-18)3-5-19-12-7-10(15)9(14)6-11(12)17-13(19)20/h2,4,6-7H,3,5H2,1H3,(H,17,20). The van der Waals surface area contributed by atoms with E-state index in [1.54, 1.807) is 12.3 Å². The first-order valence-electron chi connectivity index (χ1n) is 6.10. The van der Waals surface area contributed by atoms with Gasteiger partial charge in [-0.3, -0.25) is 4.68 Å². The normalized spacial score (nSPS) is 11.3. The van der Waals surface area contributed by atoms with Crippen molar-refractivity contribution in [3.63, 3.8) is 0 Å². The lowest BCUT2D eigenvalue weighted by Gasteiger charge is -2.06. The second kappa shape index (κ2) is 5.24. The molecular weight excluding hydrogens is 315 g/mol. The van der Waals surface area contributed by atoms with Crippen molar-refractivity contribution in [3.05, 3.63) is 44.9 Å². The highest BCUT2D eigenvalue weighted by atomic mass is 35.5. The number of nitrogens with zero attached hydrogens (tertiary/aromatic N) is 3. The maximum Gasteiger partial charge on any atom is 0.178 e. The molecule has 0 saturated carbocycles. The van der Waals surface area contributed by atoms with Crippen LogP contribution in [0.3, 0.4) is 0 Å². The molecule has 1 N–H and O–H groups in total. The summed E-state index contributed by atoms with van der Waals surface area (Å²) in [4.78, 5) is 3.15. The van der Waals surface area contributed by atoms with Crippen LogP contribution < -0.4 is 0 Å². The fraction of sp³-hybridized carbons (Fsp3) is 0.231. The third-order valence-corrected chi connectivity index (χ3v) is 4.37. The summed E-state index contributed by atoms with van der Waals surface area (Å²) < 4.78 is 4.56. The number of nitrogens with one attached hydrogen (secondary N) is 1. The molecule has 2 heterocycles. The molecule has 0 aliphatic heterocycles. The largest absolute Gasteiger partial charge is 0.331 e. The number of rotatable bonds is 3. The number of fused-ring (bicyclic) bond motifs is 1. The number of benzene rings is 1. The van der Waals surface area contributed by atoms with E-state index in [9.17, 15) is 0 Å². The van der Waals surface area contributed by atoms with Gasteiger partial charge in [-0.25, -0.2) is 0 Å². The van der Waals surface area contributed by atoms with Crippen molar-refractivity contribution in [2.24, 2.45) is 7.05 Å². The predicted molar refractivity (Wildman–Crippen MR) is 84.1 cm³/mol. The Kier molecular flexibility index (Phi) is 3.58. The molecule has 0 aliphatic rings. The molecule has 0 atom stereocenters. The topological polar surface area (TPSA) is 38.5 Å². The first-order valence-corrected chi connectivity index (χ1v) is 7.27. The quantitative estimate of drug-likeness (QED) is 0.739. The summed E-state index contributed by atoms with van der Waals surface area (Å²) in [5, 5.41) is 5.21. The van der Waals surface area contributed by atoms with Gasteiger partial charge >= 0.3 is 0 Å². The molecule has 0 saturated heterocycles. The van der Waals surface area contributed by atoms with Crippen molar-refractivity contribution in [2.75, 3.05) is 0 Å². The minimum Gasteiger partial charge on any atom is -0.331 e. The van der Waals surface area contributed by atoms with Gasteiger partial charge < -0.3 is 9.55 Å². The number of H-pyrrole nitrogens is 1. The maximum absolute atomic E-state index is 6.09. The van der Waals surface area contributed by atoms with Crippen molar-refractivity contribution < 1.29 is 0 Å². The Morgan fingerprint density at radius 2 is 2.05 bits per heavy atom. The third-order valence-electron chi connectivity index (χ3n) is 3.33. The van der Waals surface area contributed by atoms with Crippen molar-refractivity contribution in [1.82, 2.24) is 19.3 Å². The average Bonchev–Trinajstić information content (AvgIpc) is 2.92. The highest BCUT2D eigenvalue weighted by Gasteiger charge is 2.09. The van der Waals surface area contributed by atoms with Gasteiger partial charge in [0.2, 0.25) is 0 Å². The lowest BCUT2D eigenvalue weighted by atomic mass is 10.3.